The molecule has 0 bridgehead atoms. The molecule has 3 aromatic rings. The van der Waals surface area contributed by atoms with Crippen molar-refractivity contribution >= 4 is 27.5 Å². The van der Waals surface area contributed by atoms with Gasteiger partial charge in [0.2, 0.25) is 0 Å². The molecule has 4 nitrogen and oxygen atoms in total. The molecule has 3 rings (SSSR count). The van der Waals surface area contributed by atoms with Crippen LogP contribution >= 0.6 is 11.3 Å². The second-order valence-electron chi connectivity index (χ2n) is 6.29. The average Bonchev–Trinajstić information content (AvgIpc) is 3.05. The molecule has 0 saturated carbocycles. The highest BCUT2D eigenvalue weighted by Crippen LogP contribution is 2.32. The number of rotatable bonds is 5. The van der Waals surface area contributed by atoms with E-state index >= 15 is 0 Å². The Morgan fingerprint density at radius 2 is 1.96 bits per heavy atom. The fourth-order valence-electron chi connectivity index (χ4n) is 3.13. The molecule has 1 N–H and O–H groups in total. The maximum atomic E-state index is 13.9. The zero-order valence-corrected chi connectivity index (χ0v) is 15.8. The van der Waals surface area contributed by atoms with E-state index in [0.717, 1.165) is 22.5 Å². The minimum Gasteiger partial charge on any atom is -0.481 e. The van der Waals surface area contributed by atoms with Crippen LogP contribution in [0, 0.1) is 24.4 Å². The van der Waals surface area contributed by atoms with Gasteiger partial charge in [-0.2, -0.15) is 0 Å². The zero-order valence-electron chi connectivity index (χ0n) is 14.9. The van der Waals surface area contributed by atoms with Crippen molar-refractivity contribution in [1.29, 1.82) is 0 Å². The second kappa shape index (κ2) is 7.26. The Kier molecular flexibility index (Phi) is 5.19. The minimum absolute atomic E-state index is 0.0392. The Morgan fingerprint density at radius 1 is 1.26 bits per heavy atom. The van der Waals surface area contributed by atoms with Gasteiger partial charge in [-0.15, -0.1) is 11.3 Å². The first-order chi connectivity index (χ1) is 12.7. The number of benzene rings is 1. The Hall–Kier alpha value is -2.48. The summed E-state index contributed by atoms with van der Waals surface area (Å²) in [7, 11) is 0. The van der Waals surface area contributed by atoms with Crippen molar-refractivity contribution in [3.63, 3.8) is 0 Å². The number of halogens is 3. The number of nitrogens with zero attached hydrogens (tertiary/aromatic N) is 2. The van der Waals surface area contributed by atoms with Gasteiger partial charge in [-0.05, 0) is 37.0 Å². The normalized spacial score (nSPS) is 12.5. The summed E-state index contributed by atoms with van der Waals surface area (Å²) in [6.45, 7) is 5.28. The molecule has 0 radical (unpaired) electrons. The topological polar surface area (TPSA) is 63.1 Å². The third-order valence-electron chi connectivity index (χ3n) is 4.62. The van der Waals surface area contributed by atoms with Crippen LogP contribution in [0.1, 0.15) is 47.2 Å². The van der Waals surface area contributed by atoms with Crippen LogP contribution in [0.2, 0.25) is 0 Å². The van der Waals surface area contributed by atoms with Gasteiger partial charge in [-0.25, -0.2) is 18.2 Å². The molecule has 1 aromatic carbocycles. The molecule has 0 saturated heterocycles. The van der Waals surface area contributed by atoms with E-state index < -0.39 is 29.3 Å². The van der Waals surface area contributed by atoms with Crippen LogP contribution in [0.4, 0.5) is 13.2 Å². The predicted molar refractivity (Wildman–Crippen MR) is 96.7 cm³/mol. The van der Waals surface area contributed by atoms with Crippen LogP contribution < -0.4 is 0 Å². The summed E-state index contributed by atoms with van der Waals surface area (Å²) in [5, 5.41) is 9.74. The van der Waals surface area contributed by atoms with Crippen molar-refractivity contribution in [2.75, 3.05) is 0 Å². The summed E-state index contributed by atoms with van der Waals surface area (Å²) in [6.07, 6.45) is 2.37. The van der Waals surface area contributed by atoms with Crippen LogP contribution in [0.15, 0.2) is 12.3 Å². The standard InChI is InChI=1S/C19H17F3N2O2S/c1-4-10-11(9(3)23-7-12(10)8(2)19(25)26)5-15-24-17-16(22)13(20)6-14(21)18(17)27-15/h6-8H,4-5H2,1-3H3,(H,25,26). The highest BCUT2D eigenvalue weighted by Gasteiger charge is 2.23. The maximum absolute atomic E-state index is 13.9. The molecular formula is C19H17F3N2O2S. The lowest BCUT2D eigenvalue weighted by Gasteiger charge is -2.17. The van der Waals surface area contributed by atoms with Gasteiger partial charge < -0.3 is 5.11 Å². The molecular weight excluding hydrogens is 377 g/mol. The first-order valence-corrected chi connectivity index (χ1v) is 9.19. The minimum atomic E-state index is -1.28. The SMILES string of the molecule is CCc1c(C(C)C(=O)O)cnc(C)c1Cc1nc2c(F)c(F)cc(F)c2s1. The van der Waals surface area contributed by atoms with Gasteiger partial charge in [-0.1, -0.05) is 6.92 Å². The van der Waals surface area contributed by atoms with Gasteiger partial charge in [-0.3, -0.25) is 9.78 Å². The van der Waals surface area contributed by atoms with Crippen molar-refractivity contribution < 1.29 is 23.1 Å². The van der Waals surface area contributed by atoms with Crippen molar-refractivity contribution in [3.05, 3.63) is 57.1 Å². The van der Waals surface area contributed by atoms with Crippen molar-refractivity contribution in [1.82, 2.24) is 9.97 Å². The van der Waals surface area contributed by atoms with Crippen LogP contribution in [-0.4, -0.2) is 21.0 Å². The number of aryl methyl sites for hydroxylation is 1. The number of carboxylic acid groups (broad SMARTS) is 1. The maximum Gasteiger partial charge on any atom is 0.310 e. The Bertz CT molecular complexity index is 1050. The van der Waals surface area contributed by atoms with Gasteiger partial charge in [0.05, 0.1) is 15.6 Å². The second-order valence-corrected chi connectivity index (χ2v) is 7.37. The first kappa shape index (κ1) is 19.3. The number of carboxylic acids is 1. The van der Waals surface area contributed by atoms with Gasteiger partial charge in [0.15, 0.2) is 11.6 Å². The average molecular weight is 394 g/mol. The van der Waals surface area contributed by atoms with E-state index in [9.17, 15) is 23.1 Å². The quantitative estimate of drug-likeness (QED) is 0.634. The number of aliphatic carboxylic acids is 1. The van der Waals surface area contributed by atoms with E-state index in [-0.39, 0.29) is 16.6 Å². The Balaban J connectivity index is 2.12. The number of hydrogen-bond donors (Lipinski definition) is 1. The molecule has 1 atom stereocenters. The molecule has 8 heteroatoms. The largest absolute Gasteiger partial charge is 0.481 e. The molecule has 142 valence electrons. The fraction of sp³-hybridized carbons (Fsp3) is 0.316. The highest BCUT2D eigenvalue weighted by atomic mass is 32.1. The highest BCUT2D eigenvalue weighted by molar-refractivity contribution is 7.18. The van der Waals surface area contributed by atoms with Gasteiger partial charge in [0.1, 0.15) is 11.3 Å². The van der Waals surface area contributed by atoms with E-state index in [2.05, 4.69) is 9.97 Å². The van der Waals surface area contributed by atoms with E-state index in [4.69, 9.17) is 0 Å². The fourth-order valence-corrected chi connectivity index (χ4v) is 4.11. The number of carbonyl (C=O) groups is 1. The lowest BCUT2D eigenvalue weighted by molar-refractivity contribution is -0.138. The summed E-state index contributed by atoms with van der Waals surface area (Å²) in [5.74, 6) is -4.99. The van der Waals surface area contributed by atoms with E-state index in [1.165, 1.54) is 0 Å². The molecule has 0 aliphatic rings. The van der Waals surface area contributed by atoms with Gasteiger partial charge in [0, 0.05) is 24.4 Å². The third-order valence-corrected chi connectivity index (χ3v) is 5.69. The molecule has 27 heavy (non-hydrogen) atoms. The molecule has 0 aliphatic carbocycles. The molecule has 2 heterocycles. The molecule has 1 unspecified atom stereocenters. The van der Waals surface area contributed by atoms with E-state index in [0.29, 0.717) is 28.8 Å². The number of thiazole rings is 1. The van der Waals surface area contributed by atoms with Gasteiger partial charge in [0.25, 0.3) is 0 Å². The van der Waals surface area contributed by atoms with E-state index in [1.54, 1.807) is 20.0 Å². The summed E-state index contributed by atoms with van der Waals surface area (Å²) < 4.78 is 41.3. The Labute approximate surface area is 157 Å². The van der Waals surface area contributed by atoms with Crippen molar-refractivity contribution in [2.24, 2.45) is 0 Å². The van der Waals surface area contributed by atoms with Crippen molar-refractivity contribution in [3.8, 4) is 0 Å². The molecule has 0 spiro atoms. The zero-order chi connectivity index (χ0) is 19.9. The third kappa shape index (κ3) is 3.41. The summed E-state index contributed by atoms with van der Waals surface area (Å²) in [5.41, 5.74) is 2.59. The van der Waals surface area contributed by atoms with Crippen LogP contribution in [0.3, 0.4) is 0 Å². The van der Waals surface area contributed by atoms with Crippen LogP contribution in [0.25, 0.3) is 10.2 Å². The summed E-state index contributed by atoms with van der Waals surface area (Å²) in [4.78, 5) is 19.8. The lowest BCUT2D eigenvalue weighted by atomic mass is 9.90. The molecule has 0 aliphatic heterocycles. The predicted octanol–water partition coefficient (Wildman–Crippen LogP) is 4.76. The lowest BCUT2D eigenvalue weighted by Crippen LogP contribution is -2.13. The summed E-state index contributed by atoms with van der Waals surface area (Å²) in [6, 6.07) is 0.513. The Morgan fingerprint density at radius 3 is 2.59 bits per heavy atom. The van der Waals surface area contributed by atoms with E-state index in [1.807, 2.05) is 6.92 Å². The monoisotopic (exact) mass is 394 g/mol. The molecule has 0 amide bonds. The van der Waals surface area contributed by atoms with Crippen molar-refractivity contribution in [2.45, 2.75) is 39.5 Å². The van der Waals surface area contributed by atoms with Crippen LogP contribution in [0.5, 0.6) is 0 Å². The molecule has 0 fully saturated rings. The van der Waals surface area contributed by atoms with Gasteiger partial charge >= 0.3 is 5.97 Å². The first-order valence-electron chi connectivity index (χ1n) is 8.37. The number of hydrogen-bond acceptors (Lipinski definition) is 4. The number of pyridine rings is 1. The number of fused-ring (bicyclic) bond motifs is 1. The molecule has 2 aromatic heterocycles. The summed E-state index contributed by atoms with van der Waals surface area (Å²) >= 11 is 0.953. The van der Waals surface area contributed by atoms with Crippen LogP contribution in [-0.2, 0) is 17.6 Å². The number of aromatic nitrogens is 2. The smallest absolute Gasteiger partial charge is 0.310 e.